The fourth-order valence-corrected chi connectivity index (χ4v) is 14.6. The zero-order valence-corrected chi connectivity index (χ0v) is 51.3. The summed E-state index contributed by atoms with van der Waals surface area (Å²) >= 11 is 7.70. The highest BCUT2D eigenvalue weighted by molar-refractivity contribution is 9.10. The molecule has 2 aliphatic rings. The molecule has 0 fully saturated rings. The summed E-state index contributed by atoms with van der Waals surface area (Å²) in [7, 11) is 0. The third-order valence-electron chi connectivity index (χ3n) is 18.4. The van der Waals surface area contributed by atoms with E-state index < -0.39 is 0 Å². The van der Waals surface area contributed by atoms with Crippen molar-refractivity contribution in [1.29, 1.82) is 0 Å². The topological polar surface area (TPSA) is 9.86 Å². The lowest BCUT2D eigenvalue weighted by atomic mass is 9.83. The molecule has 0 aliphatic heterocycles. The molecule has 0 bridgehead atoms. The Hall–Kier alpha value is -3.08. The van der Waals surface area contributed by atoms with Crippen molar-refractivity contribution in [3.05, 3.63) is 116 Å². The van der Waals surface area contributed by atoms with Gasteiger partial charge in [0.2, 0.25) is 0 Å². The molecule has 2 unspecified atom stereocenters. The smallest absolute Gasteiger partial charge is 0.0535 e. The molecule has 8 rings (SSSR count). The molecule has 2 aromatic heterocycles. The molecule has 0 spiro atoms. The van der Waals surface area contributed by atoms with E-state index in [1.54, 1.807) is 11.1 Å². The van der Waals surface area contributed by atoms with Gasteiger partial charge >= 0.3 is 0 Å². The summed E-state index contributed by atoms with van der Waals surface area (Å²) in [6, 6.07) is 32.9. The molecule has 2 nitrogen and oxygen atoms in total. The molecular formula is C72H102Br2N2. The summed E-state index contributed by atoms with van der Waals surface area (Å²) in [5.74, 6) is 1.60. The standard InChI is InChI=1S/C72H102Br2N2/c1-3-5-7-9-11-13-15-17-19-21-23-25-27-29-31-33-35-57-37-49-69-65(53-57)67-55-61(73)43-51-71(67)75(69)63-45-39-59(40-46-63)60-41-47-64(48-42-60)76-70-50-38-58(54-66(70)68-56-62(74)44-52-72(68)76)36-34-32-30-28-26-24-22-20-18-16-14-12-10-8-6-4-2/h39-48,51-52,55-58H,3-38,49-50,53-54H2,1-2H3. The Morgan fingerprint density at radius 2 is 0.645 bits per heavy atom. The minimum absolute atomic E-state index is 0.801. The average molecular weight is 1160 g/mol. The van der Waals surface area contributed by atoms with Crippen LogP contribution in [0.4, 0.5) is 0 Å². The molecule has 6 aromatic rings. The van der Waals surface area contributed by atoms with Crippen LogP contribution >= 0.6 is 31.9 Å². The molecule has 0 N–H and O–H groups in total. The van der Waals surface area contributed by atoms with Gasteiger partial charge in [0.05, 0.1) is 11.0 Å². The fraction of sp³-hybridized carbons (Fsp3) is 0.611. The largest absolute Gasteiger partial charge is 0.313 e. The second-order valence-electron chi connectivity index (χ2n) is 24.3. The molecule has 0 radical (unpaired) electrons. The van der Waals surface area contributed by atoms with Crippen LogP contribution in [0.1, 0.15) is 268 Å². The van der Waals surface area contributed by atoms with E-state index in [4.69, 9.17) is 0 Å². The maximum Gasteiger partial charge on any atom is 0.0535 e. The Kier molecular flexibility index (Phi) is 25.5. The minimum Gasteiger partial charge on any atom is -0.313 e. The van der Waals surface area contributed by atoms with Crippen molar-refractivity contribution in [3.8, 4) is 22.5 Å². The van der Waals surface area contributed by atoms with Crippen molar-refractivity contribution in [1.82, 2.24) is 9.13 Å². The number of aromatic nitrogens is 2. The third-order valence-corrected chi connectivity index (χ3v) is 19.4. The second-order valence-corrected chi connectivity index (χ2v) is 26.2. The van der Waals surface area contributed by atoms with E-state index in [9.17, 15) is 0 Å². The zero-order chi connectivity index (χ0) is 52.6. The summed E-state index contributed by atoms with van der Waals surface area (Å²) in [6.07, 6.45) is 56.2. The average Bonchev–Trinajstić information content (AvgIpc) is 3.94. The first-order chi connectivity index (χ1) is 37.5. The first-order valence-corrected chi connectivity index (χ1v) is 34.0. The number of rotatable bonds is 37. The van der Waals surface area contributed by atoms with Gasteiger partial charge in [0.25, 0.3) is 0 Å². The van der Waals surface area contributed by atoms with Crippen molar-refractivity contribution in [2.75, 3.05) is 0 Å². The zero-order valence-electron chi connectivity index (χ0n) is 48.2. The summed E-state index contributed by atoms with van der Waals surface area (Å²) in [6.45, 7) is 4.62. The highest BCUT2D eigenvalue weighted by Gasteiger charge is 2.28. The lowest BCUT2D eigenvalue weighted by Crippen LogP contribution is -2.16. The van der Waals surface area contributed by atoms with Gasteiger partial charge in [0, 0.05) is 42.5 Å². The Morgan fingerprint density at radius 1 is 0.355 bits per heavy atom. The van der Waals surface area contributed by atoms with Crippen molar-refractivity contribution in [3.63, 3.8) is 0 Å². The summed E-state index contributed by atoms with van der Waals surface area (Å²) in [5, 5.41) is 2.89. The van der Waals surface area contributed by atoms with Crippen LogP contribution < -0.4 is 0 Å². The van der Waals surface area contributed by atoms with Crippen LogP contribution in [0.2, 0.25) is 0 Å². The van der Waals surface area contributed by atoms with Gasteiger partial charge in [0.1, 0.15) is 0 Å². The first kappa shape index (κ1) is 59.1. The molecule has 76 heavy (non-hydrogen) atoms. The van der Waals surface area contributed by atoms with Gasteiger partial charge in [-0.2, -0.15) is 0 Å². The maximum absolute atomic E-state index is 3.85. The number of benzene rings is 4. The molecule has 0 saturated heterocycles. The SMILES string of the molecule is CCCCCCCCCCCCCCCCCCC1CCc2c(c3cc(Br)ccc3n2-c2ccc(-c3ccc(-n4c5c(c6cc(Br)ccc64)CC(CCCCCCCCCCCCCCCCCC)CC5)cc3)cc2)C1. The van der Waals surface area contributed by atoms with Crippen LogP contribution in [-0.2, 0) is 25.7 Å². The van der Waals surface area contributed by atoms with Gasteiger partial charge in [-0.15, -0.1) is 0 Å². The summed E-state index contributed by atoms with van der Waals surface area (Å²) < 4.78 is 7.56. The molecule has 2 aliphatic carbocycles. The highest BCUT2D eigenvalue weighted by atomic mass is 79.9. The quantitative estimate of drug-likeness (QED) is 0.0344. The second kappa shape index (κ2) is 32.9. The monoisotopic (exact) mass is 1150 g/mol. The van der Waals surface area contributed by atoms with Crippen LogP contribution in [0, 0.1) is 11.8 Å². The number of hydrogen-bond donors (Lipinski definition) is 0. The van der Waals surface area contributed by atoms with E-state index in [-0.39, 0.29) is 0 Å². The molecule has 4 aromatic carbocycles. The Labute approximate surface area is 481 Å². The lowest BCUT2D eigenvalue weighted by Gasteiger charge is -2.24. The number of fused-ring (bicyclic) bond motifs is 6. The van der Waals surface area contributed by atoms with E-state index in [2.05, 4.69) is 140 Å². The van der Waals surface area contributed by atoms with Crippen molar-refractivity contribution < 1.29 is 0 Å². The van der Waals surface area contributed by atoms with Crippen LogP contribution in [0.25, 0.3) is 44.3 Å². The van der Waals surface area contributed by atoms with Gasteiger partial charge in [-0.1, -0.05) is 288 Å². The number of nitrogens with zero attached hydrogens (tertiary/aromatic N) is 2. The fourth-order valence-electron chi connectivity index (χ4n) is 13.9. The molecule has 0 saturated carbocycles. The van der Waals surface area contributed by atoms with E-state index >= 15 is 0 Å². The Bertz CT molecular complexity index is 2400. The van der Waals surface area contributed by atoms with Crippen molar-refractivity contribution in [2.45, 2.75) is 271 Å². The molecular weight excluding hydrogens is 1050 g/mol. The van der Waals surface area contributed by atoms with E-state index in [0.717, 1.165) is 11.8 Å². The van der Waals surface area contributed by atoms with Gasteiger partial charge in [0.15, 0.2) is 0 Å². The van der Waals surface area contributed by atoms with E-state index in [0.29, 0.717) is 0 Å². The van der Waals surface area contributed by atoms with Crippen molar-refractivity contribution >= 4 is 53.7 Å². The maximum atomic E-state index is 3.85. The highest BCUT2D eigenvalue weighted by Crippen LogP contribution is 2.41. The van der Waals surface area contributed by atoms with Gasteiger partial charge in [-0.05, 0) is 133 Å². The number of hydrogen-bond acceptors (Lipinski definition) is 0. The Balaban J connectivity index is 0.792. The molecule has 2 atom stereocenters. The summed E-state index contributed by atoms with van der Waals surface area (Å²) in [4.78, 5) is 0. The predicted molar refractivity (Wildman–Crippen MR) is 340 cm³/mol. The van der Waals surface area contributed by atoms with Gasteiger partial charge in [-0.25, -0.2) is 0 Å². The number of unbranched alkanes of at least 4 members (excludes halogenated alkanes) is 30. The first-order valence-electron chi connectivity index (χ1n) is 32.4. The van der Waals surface area contributed by atoms with Crippen LogP contribution in [0.15, 0.2) is 93.9 Å². The third kappa shape index (κ3) is 17.5. The van der Waals surface area contributed by atoms with Crippen molar-refractivity contribution in [2.24, 2.45) is 11.8 Å². The van der Waals surface area contributed by atoms with E-state index in [1.807, 2.05) is 0 Å². The Morgan fingerprint density at radius 3 is 0.947 bits per heavy atom. The molecule has 0 amide bonds. The predicted octanol–water partition coefficient (Wildman–Crippen LogP) is 24.3. The van der Waals surface area contributed by atoms with Crippen LogP contribution in [0.5, 0.6) is 0 Å². The molecule has 4 heteroatoms. The number of halogens is 2. The van der Waals surface area contributed by atoms with E-state index in [1.165, 1.54) is 321 Å². The molecule has 2 heterocycles. The van der Waals surface area contributed by atoms with Crippen LogP contribution in [-0.4, -0.2) is 9.13 Å². The van der Waals surface area contributed by atoms with Gasteiger partial charge < -0.3 is 9.13 Å². The van der Waals surface area contributed by atoms with Crippen LogP contribution in [0.3, 0.4) is 0 Å². The normalized spacial score (nSPS) is 15.5. The molecule has 414 valence electrons. The summed E-state index contributed by atoms with van der Waals surface area (Å²) in [5.41, 5.74) is 14.1. The van der Waals surface area contributed by atoms with Gasteiger partial charge in [-0.3, -0.25) is 0 Å². The minimum atomic E-state index is 0.801. The lowest BCUT2D eigenvalue weighted by molar-refractivity contribution is 0.401.